The smallest absolute Gasteiger partial charge is 0.227 e. The normalized spacial score (nSPS) is 16.9. The highest BCUT2D eigenvalue weighted by Gasteiger charge is 2.27. The van der Waals surface area contributed by atoms with E-state index < -0.39 is 0 Å². The Kier molecular flexibility index (Phi) is 5.04. The van der Waals surface area contributed by atoms with Crippen molar-refractivity contribution in [2.45, 2.75) is 18.8 Å². The number of likely N-dealkylation sites (tertiary alicyclic amines) is 1. The first-order chi connectivity index (χ1) is 11.7. The third-order valence-corrected chi connectivity index (χ3v) is 4.62. The fourth-order valence-electron chi connectivity index (χ4n) is 3.26. The van der Waals surface area contributed by atoms with Crippen molar-refractivity contribution in [3.8, 4) is 11.5 Å². The summed E-state index contributed by atoms with van der Waals surface area (Å²) in [6, 6.07) is 16.1. The first-order valence-electron chi connectivity index (χ1n) is 8.25. The van der Waals surface area contributed by atoms with Gasteiger partial charge in [-0.15, -0.1) is 0 Å². The van der Waals surface area contributed by atoms with E-state index in [9.17, 15) is 4.79 Å². The summed E-state index contributed by atoms with van der Waals surface area (Å²) in [6.45, 7) is 1.63. The van der Waals surface area contributed by atoms with Gasteiger partial charge in [0.2, 0.25) is 5.91 Å². The maximum Gasteiger partial charge on any atom is 0.227 e. The maximum absolute atomic E-state index is 12.6. The number of amides is 1. The number of carbonyl (C=O) groups is 1. The average Bonchev–Trinajstić information content (AvgIpc) is 3.12. The number of nitrogens with zero attached hydrogens (tertiary/aromatic N) is 1. The highest BCUT2D eigenvalue weighted by atomic mass is 16.5. The standard InChI is InChI=1S/C20H23NO3/c1-23-18-9-8-15(12-19(18)24-2)13-20(22)21-11-10-17(14-21)16-6-4-3-5-7-16/h3-9,12,17H,10-11,13-14H2,1-2H3. The molecule has 1 atom stereocenters. The second-order valence-electron chi connectivity index (χ2n) is 6.10. The van der Waals surface area contributed by atoms with E-state index >= 15 is 0 Å². The van der Waals surface area contributed by atoms with Gasteiger partial charge in [0.25, 0.3) is 0 Å². The van der Waals surface area contributed by atoms with E-state index in [1.165, 1.54) is 5.56 Å². The molecule has 1 amide bonds. The van der Waals surface area contributed by atoms with Crippen LogP contribution in [0.2, 0.25) is 0 Å². The van der Waals surface area contributed by atoms with E-state index in [0.29, 0.717) is 23.8 Å². The summed E-state index contributed by atoms with van der Waals surface area (Å²) in [5.74, 6) is 1.95. The molecule has 126 valence electrons. The Morgan fingerprint density at radius 3 is 2.54 bits per heavy atom. The van der Waals surface area contributed by atoms with Gasteiger partial charge in [-0.2, -0.15) is 0 Å². The molecule has 3 rings (SSSR count). The largest absolute Gasteiger partial charge is 0.493 e. The number of hydrogen-bond acceptors (Lipinski definition) is 3. The molecule has 0 bridgehead atoms. The van der Waals surface area contributed by atoms with E-state index in [2.05, 4.69) is 24.3 Å². The molecule has 0 N–H and O–H groups in total. The number of hydrogen-bond donors (Lipinski definition) is 0. The summed E-state index contributed by atoms with van der Waals surface area (Å²) < 4.78 is 10.5. The van der Waals surface area contributed by atoms with Gasteiger partial charge in [-0.05, 0) is 29.7 Å². The van der Waals surface area contributed by atoms with Crippen molar-refractivity contribution in [3.63, 3.8) is 0 Å². The minimum Gasteiger partial charge on any atom is -0.493 e. The number of ether oxygens (including phenoxy) is 2. The van der Waals surface area contributed by atoms with Crippen molar-refractivity contribution >= 4 is 5.91 Å². The van der Waals surface area contributed by atoms with Crippen LogP contribution in [0, 0.1) is 0 Å². The predicted molar refractivity (Wildman–Crippen MR) is 93.6 cm³/mol. The highest BCUT2D eigenvalue weighted by molar-refractivity contribution is 5.79. The molecule has 4 nitrogen and oxygen atoms in total. The van der Waals surface area contributed by atoms with E-state index in [1.807, 2.05) is 29.2 Å². The molecule has 1 heterocycles. The lowest BCUT2D eigenvalue weighted by Gasteiger charge is -2.17. The van der Waals surface area contributed by atoms with Crippen LogP contribution in [0.4, 0.5) is 0 Å². The van der Waals surface area contributed by atoms with Crippen molar-refractivity contribution in [1.82, 2.24) is 4.90 Å². The van der Waals surface area contributed by atoms with Crippen molar-refractivity contribution in [3.05, 3.63) is 59.7 Å². The molecule has 0 spiro atoms. The zero-order valence-corrected chi connectivity index (χ0v) is 14.2. The van der Waals surface area contributed by atoms with Crippen molar-refractivity contribution in [2.75, 3.05) is 27.3 Å². The van der Waals surface area contributed by atoms with Gasteiger partial charge in [-0.3, -0.25) is 4.79 Å². The molecular formula is C20H23NO3. The monoisotopic (exact) mass is 325 g/mol. The topological polar surface area (TPSA) is 38.8 Å². The highest BCUT2D eigenvalue weighted by Crippen LogP contribution is 2.29. The van der Waals surface area contributed by atoms with E-state index in [-0.39, 0.29) is 5.91 Å². The van der Waals surface area contributed by atoms with Crippen LogP contribution in [0.3, 0.4) is 0 Å². The molecule has 2 aromatic rings. The van der Waals surface area contributed by atoms with Gasteiger partial charge in [0.05, 0.1) is 20.6 Å². The molecule has 1 saturated heterocycles. The van der Waals surface area contributed by atoms with Gasteiger partial charge in [0.15, 0.2) is 11.5 Å². The summed E-state index contributed by atoms with van der Waals surface area (Å²) in [5.41, 5.74) is 2.26. The molecule has 0 radical (unpaired) electrons. The third kappa shape index (κ3) is 3.53. The van der Waals surface area contributed by atoms with E-state index in [1.54, 1.807) is 14.2 Å². The zero-order chi connectivity index (χ0) is 16.9. The SMILES string of the molecule is COc1ccc(CC(=O)N2CCC(c3ccccc3)C2)cc1OC. The molecule has 0 aromatic heterocycles. The Labute approximate surface area is 143 Å². The lowest BCUT2D eigenvalue weighted by Crippen LogP contribution is -2.29. The predicted octanol–water partition coefficient (Wildman–Crippen LogP) is 3.26. The Morgan fingerprint density at radius 1 is 1.08 bits per heavy atom. The first kappa shape index (κ1) is 16.4. The van der Waals surface area contributed by atoms with Gasteiger partial charge in [-0.1, -0.05) is 36.4 Å². The van der Waals surface area contributed by atoms with Crippen LogP contribution in [-0.4, -0.2) is 38.1 Å². The van der Waals surface area contributed by atoms with Crippen LogP contribution in [0.15, 0.2) is 48.5 Å². The van der Waals surface area contributed by atoms with Gasteiger partial charge >= 0.3 is 0 Å². The summed E-state index contributed by atoms with van der Waals surface area (Å²) in [7, 11) is 3.21. The Morgan fingerprint density at radius 2 is 1.83 bits per heavy atom. The van der Waals surface area contributed by atoms with Crippen LogP contribution >= 0.6 is 0 Å². The van der Waals surface area contributed by atoms with E-state index in [0.717, 1.165) is 25.1 Å². The zero-order valence-electron chi connectivity index (χ0n) is 14.2. The number of rotatable bonds is 5. The molecule has 1 aliphatic heterocycles. The van der Waals surface area contributed by atoms with Gasteiger partial charge in [0.1, 0.15) is 0 Å². The summed E-state index contributed by atoms with van der Waals surface area (Å²) >= 11 is 0. The van der Waals surface area contributed by atoms with Gasteiger partial charge in [-0.25, -0.2) is 0 Å². The third-order valence-electron chi connectivity index (χ3n) is 4.62. The lowest BCUT2D eigenvalue weighted by molar-refractivity contribution is -0.129. The Bertz CT molecular complexity index is 699. The van der Waals surface area contributed by atoms with Gasteiger partial charge in [0, 0.05) is 19.0 Å². The fraction of sp³-hybridized carbons (Fsp3) is 0.350. The summed E-state index contributed by atoms with van der Waals surface area (Å²) in [5, 5.41) is 0. The minimum absolute atomic E-state index is 0.167. The number of carbonyl (C=O) groups excluding carboxylic acids is 1. The minimum atomic E-state index is 0.167. The Balaban J connectivity index is 1.64. The second kappa shape index (κ2) is 7.39. The number of benzene rings is 2. The van der Waals surface area contributed by atoms with Crippen molar-refractivity contribution in [2.24, 2.45) is 0 Å². The van der Waals surface area contributed by atoms with Gasteiger partial charge < -0.3 is 14.4 Å². The van der Waals surface area contributed by atoms with Crippen molar-refractivity contribution < 1.29 is 14.3 Å². The fourth-order valence-corrected chi connectivity index (χ4v) is 3.26. The molecule has 4 heteroatoms. The Hall–Kier alpha value is -2.49. The summed E-state index contributed by atoms with van der Waals surface area (Å²) in [6.07, 6.45) is 1.42. The quantitative estimate of drug-likeness (QED) is 0.847. The second-order valence-corrected chi connectivity index (χ2v) is 6.10. The molecule has 2 aromatic carbocycles. The van der Waals surface area contributed by atoms with Crippen LogP contribution < -0.4 is 9.47 Å². The molecular weight excluding hydrogens is 302 g/mol. The number of methoxy groups -OCH3 is 2. The van der Waals surface area contributed by atoms with Crippen LogP contribution in [0.25, 0.3) is 0 Å². The molecule has 1 unspecified atom stereocenters. The molecule has 0 aliphatic carbocycles. The van der Waals surface area contributed by atoms with Crippen molar-refractivity contribution in [1.29, 1.82) is 0 Å². The van der Waals surface area contributed by atoms with Crippen LogP contribution in [0.5, 0.6) is 11.5 Å². The molecule has 1 fully saturated rings. The summed E-state index contributed by atoms with van der Waals surface area (Å²) in [4.78, 5) is 14.6. The maximum atomic E-state index is 12.6. The molecule has 24 heavy (non-hydrogen) atoms. The molecule has 0 saturated carbocycles. The van der Waals surface area contributed by atoms with Crippen LogP contribution in [0.1, 0.15) is 23.5 Å². The molecule has 1 aliphatic rings. The lowest BCUT2D eigenvalue weighted by atomic mass is 9.99. The van der Waals surface area contributed by atoms with E-state index in [4.69, 9.17) is 9.47 Å². The van der Waals surface area contributed by atoms with Crippen LogP contribution in [-0.2, 0) is 11.2 Å². The average molecular weight is 325 g/mol. The first-order valence-corrected chi connectivity index (χ1v) is 8.25.